The Labute approximate surface area is 209 Å². The zero-order valence-electron chi connectivity index (χ0n) is 15.2. The number of nitriles is 2. The molecule has 0 aliphatic carbocycles. The van der Waals surface area contributed by atoms with Crippen LogP contribution in [0.4, 0.5) is 0 Å². The molecule has 2 aromatic heterocycles. The maximum atomic E-state index is 9.41. The van der Waals surface area contributed by atoms with Crippen LogP contribution in [-0.4, -0.2) is 33.4 Å². The van der Waals surface area contributed by atoms with E-state index in [-0.39, 0.29) is 64.8 Å². The summed E-state index contributed by atoms with van der Waals surface area (Å²) >= 11 is 9.26. The van der Waals surface area contributed by atoms with Gasteiger partial charge in [0.25, 0.3) is 0 Å². The zero-order valence-corrected chi connectivity index (χ0v) is 22.0. The van der Waals surface area contributed by atoms with Gasteiger partial charge in [0.2, 0.25) is 0 Å². The van der Waals surface area contributed by atoms with Crippen molar-refractivity contribution in [2.24, 2.45) is 0 Å². The third kappa shape index (κ3) is 10.0. The number of aromatic hydroxyl groups is 2. The number of nitrogens with zero attached hydrogens (tertiary/aromatic N) is 4. The predicted octanol–water partition coefficient (Wildman–Crippen LogP) is 0.375. The first-order valence-corrected chi connectivity index (χ1v) is 9.59. The Morgan fingerprint density at radius 3 is 1.86 bits per heavy atom. The van der Waals surface area contributed by atoms with Crippen molar-refractivity contribution in [2.75, 3.05) is 13.2 Å². The minimum Gasteiger partial charge on any atom is -0.855 e. The van der Waals surface area contributed by atoms with Gasteiger partial charge in [-0.2, -0.15) is 10.5 Å². The average Bonchev–Trinajstić information content (AvgIpc) is 2.62. The second-order valence-corrected chi connectivity index (χ2v) is 6.69. The van der Waals surface area contributed by atoms with E-state index >= 15 is 0 Å². The molecule has 0 amide bonds. The molecule has 2 heterocycles. The second-order valence-electron chi connectivity index (χ2n) is 4.21. The largest absolute Gasteiger partial charge is 1.00 e. The van der Waals surface area contributed by atoms with Crippen molar-refractivity contribution >= 4 is 47.8 Å². The van der Waals surface area contributed by atoms with Crippen LogP contribution in [-0.2, 0) is 0 Å². The van der Waals surface area contributed by atoms with Gasteiger partial charge >= 0.3 is 29.6 Å². The molecular weight excluding hydrogens is 575 g/mol. The van der Waals surface area contributed by atoms with Gasteiger partial charge in [0.15, 0.2) is 28.6 Å². The third-order valence-electron chi connectivity index (χ3n) is 2.35. The molecule has 0 fully saturated rings. The van der Waals surface area contributed by atoms with Gasteiger partial charge in [-0.25, -0.2) is 9.97 Å². The smallest absolute Gasteiger partial charge is 0.855 e. The van der Waals surface area contributed by atoms with E-state index in [9.17, 15) is 5.11 Å². The molecule has 144 valence electrons. The van der Waals surface area contributed by atoms with Crippen molar-refractivity contribution in [3.8, 4) is 29.4 Å². The molecule has 0 radical (unpaired) electrons. The quantitative estimate of drug-likeness (QED) is 0.378. The molecular formula is C16H14Br3N4NaO4. The SMILES string of the molecule is CCOc1cc(Br)nc(C#N)c1O.CC[O-].N#Cc1nc(Br)cc(Br)c1O.[Na+]. The number of halogens is 3. The molecule has 2 rings (SSSR count). The molecule has 2 N–H and O–H groups in total. The normalized spacial score (nSPS) is 8.57. The van der Waals surface area contributed by atoms with Crippen molar-refractivity contribution in [3.05, 3.63) is 37.2 Å². The van der Waals surface area contributed by atoms with Crippen LogP contribution in [0, 0.1) is 22.7 Å². The van der Waals surface area contributed by atoms with E-state index in [2.05, 4.69) is 57.8 Å². The number of ether oxygens (including phenoxy) is 1. The minimum absolute atomic E-state index is 0. The van der Waals surface area contributed by atoms with E-state index in [0.717, 1.165) is 0 Å². The van der Waals surface area contributed by atoms with Gasteiger partial charge in [-0.1, -0.05) is 6.92 Å². The fourth-order valence-corrected chi connectivity index (χ4v) is 2.89. The van der Waals surface area contributed by atoms with E-state index < -0.39 is 0 Å². The van der Waals surface area contributed by atoms with Crippen molar-refractivity contribution in [1.29, 1.82) is 10.5 Å². The Hall–Kier alpha value is -0.920. The molecule has 0 aliphatic rings. The first-order chi connectivity index (χ1) is 12.7. The zero-order chi connectivity index (χ0) is 21.0. The van der Waals surface area contributed by atoms with Crippen molar-refractivity contribution < 1.29 is 49.6 Å². The summed E-state index contributed by atoms with van der Waals surface area (Å²) in [5, 5.41) is 44.6. The number of hydrogen-bond donors (Lipinski definition) is 2. The summed E-state index contributed by atoms with van der Waals surface area (Å²) in [6, 6.07) is 6.60. The van der Waals surface area contributed by atoms with Crippen LogP contribution in [0.5, 0.6) is 17.2 Å². The molecule has 0 bridgehead atoms. The van der Waals surface area contributed by atoms with Gasteiger partial charge in [-0.3, -0.25) is 0 Å². The van der Waals surface area contributed by atoms with Crippen LogP contribution in [0.1, 0.15) is 25.2 Å². The van der Waals surface area contributed by atoms with Crippen LogP contribution in [0.25, 0.3) is 0 Å². The van der Waals surface area contributed by atoms with Gasteiger partial charge in [-0.05, 0) is 60.8 Å². The average molecular weight is 589 g/mol. The van der Waals surface area contributed by atoms with E-state index in [1.807, 2.05) is 0 Å². The molecule has 28 heavy (non-hydrogen) atoms. The maximum Gasteiger partial charge on any atom is 1.00 e. The molecule has 0 atom stereocenters. The van der Waals surface area contributed by atoms with E-state index in [1.54, 1.807) is 32.1 Å². The Kier molecular flexibility index (Phi) is 16.7. The maximum absolute atomic E-state index is 9.41. The molecule has 0 unspecified atom stereocenters. The Bertz CT molecular complexity index is 857. The summed E-state index contributed by atoms with van der Waals surface area (Å²) in [6.07, 6.45) is 0. The van der Waals surface area contributed by atoms with Gasteiger partial charge < -0.3 is 20.1 Å². The molecule has 0 spiro atoms. The number of aromatic nitrogens is 2. The Balaban J connectivity index is 0. The molecule has 0 saturated carbocycles. The fraction of sp³-hybridized carbons (Fsp3) is 0.250. The fourth-order valence-electron chi connectivity index (χ4n) is 1.38. The van der Waals surface area contributed by atoms with Crippen LogP contribution in [0.3, 0.4) is 0 Å². The summed E-state index contributed by atoms with van der Waals surface area (Å²) in [5.41, 5.74) is -0.0379. The van der Waals surface area contributed by atoms with E-state index in [4.69, 9.17) is 25.5 Å². The van der Waals surface area contributed by atoms with Gasteiger partial charge in [0.05, 0.1) is 11.1 Å². The Morgan fingerprint density at radius 1 is 1.00 bits per heavy atom. The number of pyridine rings is 2. The molecule has 0 aromatic carbocycles. The van der Waals surface area contributed by atoms with Crippen LogP contribution in [0.2, 0.25) is 0 Å². The molecule has 0 aliphatic heterocycles. The van der Waals surface area contributed by atoms with Crippen LogP contribution < -0.4 is 39.4 Å². The van der Waals surface area contributed by atoms with Crippen molar-refractivity contribution in [1.82, 2.24) is 9.97 Å². The summed E-state index contributed by atoms with van der Waals surface area (Å²) in [6.45, 7) is 3.79. The Morgan fingerprint density at radius 2 is 1.43 bits per heavy atom. The van der Waals surface area contributed by atoms with Crippen molar-refractivity contribution in [3.63, 3.8) is 0 Å². The summed E-state index contributed by atoms with van der Waals surface area (Å²) in [4.78, 5) is 7.49. The minimum atomic E-state index is -0.215. The predicted molar refractivity (Wildman–Crippen MR) is 106 cm³/mol. The summed E-state index contributed by atoms with van der Waals surface area (Å²) < 4.78 is 6.52. The van der Waals surface area contributed by atoms with Crippen LogP contribution in [0.15, 0.2) is 25.8 Å². The molecule has 0 saturated heterocycles. The van der Waals surface area contributed by atoms with Gasteiger partial charge in [-0.15, -0.1) is 6.61 Å². The summed E-state index contributed by atoms with van der Waals surface area (Å²) in [7, 11) is 0. The first-order valence-electron chi connectivity index (χ1n) is 7.21. The van der Waals surface area contributed by atoms with Crippen molar-refractivity contribution in [2.45, 2.75) is 13.8 Å². The molecule has 12 heteroatoms. The molecule has 2 aromatic rings. The third-order valence-corrected chi connectivity index (χ3v) is 3.77. The van der Waals surface area contributed by atoms with E-state index in [0.29, 0.717) is 20.3 Å². The first kappa shape index (κ1) is 29.3. The molecule has 8 nitrogen and oxygen atoms in total. The van der Waals surface area contributed by atoms with Gasteiger partial charge in [0.1, 0.15) is 21.3 Å². The standard InChI is InChI=1S/C8H7BrN2O2.C6H2Br2N2O.C2H5O.Na/c1-2-13-6-3-7(9)11-5(4-10)8(6)12;7-3-1-5(8)10-4(2-9)6(3)11;1-2-3;/h3,12H,2H2,1H3;1,11H;2H2,1H3;/q;;-1;+1. The second kappa shape index (κ2) is 15.9. The van der Waals surface area contributed by atoms with Crippen LogP contribution >= 0.6 is 47.8 Å². The summed E-state index contributed by atoms with van der Waals surface area (Å²) in [5.74, 6) is -0.0795. The topological polar surface area (TPSA) is 146 Å². The number of rotatable bonds is 2. The number of hydrogen-bond acceptors (Lipinski definition) is 8. The van der Waals surface area contributed by atoms with Gasteiger partial charge in [0, 0.05) is 6.07 Å². The monoisotopic (exact) mass is 586 g/mol. The van der Waals surface area contributed by atoms with E-state index in [1.165, 1.54) is 6.07 Å².